The van der Waals surface area contributed by atoms with E-state index in [4.69, 9.17) is 14.2 Å². The van der Waals surface area contributed by atoms with Crippen LogP contribution in [0.3, 0.4) is 0 Å². The number of carbonyl (C=O) groups excluding carboxylic acids is 3. The fourth-order valence-electron chi connectivity index (χ4n) is 4.20. The predicted octanol–water partition coefficient (Wildman–Crippen LogP) is 4.51. The zero-order valence-corrected chi connectivity index (χ0v) is 19.2. The molecule has 8 nitrogen and oxygen atoms in total. The number of carbonyl (C=O) groups is 3. The van der Waals surface area contributed by atoms with Gasteiger partial charge in [-0.1, -0.05) is 6.07 Å². The molecule has 3 aromatic rings. The first-order chi connectivity index (χ1) is 17.0. The molecule has 1 saturated heterocycles. The van der Waals surface area contributed by atoms with Gasteiger partial charge < -0.3 is 19.5 Å². The molecule has 2 aliphatic heterocycles. The zero-order chi connectivity index (χ0) is 24.4. The number of hydrogen-bond acceptors (Lipinski definition) is 6. The average Bonchev–Trinajstić information content (AvgIpc) is 3.48. The molecule has 2 aliphatic rings. The summed E-state index contributed by atoms with van der Waals surface area (Å²) < 4.78 is 16.6. The summed E-state index contributed by atoms with van der Waals surface area (Å²) in [6, 6.07) is 18.6. The predicted molar refractivity (Wildman–Crippen MR) is 128 cm³/mol. The highest BCUT2D eigenvalue weighted by Gasteiger charge is 2.37. The van der Waals surface area contributed by atoms with Gasteiger partial charge in [-0.25, -0.2) is 0 Å². The molecule has 1 atom stereocenters. The molecule has 5 rings (SSSR count). The molecule has 1 unspecified atom stereocenters. The van der Waals surface area contributed by atoms with Crippen LogP contribution < -0.4 is 14.8 Å². The van der Waals surface area contributed by atoms with E-state index in [1.54, 1.807) is 73.8 Å². The first-order valence-electron chi connectivity index (χ1n) is 11.4. The fourth-order valence-corrected chi connectivity index (χ4v) is 4.20. The average molecular weight is 472 g/mol. The van der Waals surface area contributed by atoms with Crippen molar-refractivity contribution in [2.24, 2.45) is 0 Å². The lowest BCUT2D eigenvalue weighted by atomic mass is 10.1. The molecule has 2 heterocycles. The number of anilines is 1. The van der Waals surface area contributed by atoms with E-state index in [1.165, 1.54) is 4.90 Å². The van der Waals surface area contributed by atoms with Gasteiger partial charge in [-0.15, -0.1) is 0 Å². The number of nitrogens with one attached hydrogen (secondary N) is 1. The van der Waals surface area contributed by atoms with Crippen molar-refractivity contribution in [3.8, 4) is 17.2 Å². The van der Waals surface area contributed by atoms with Crippen LogP contribution in [0.25, 0.3) is 0 Å². The number of benzene rings is 3. The van der Waals surface area contributed by atoms with E-state index in [-0.39, 0.29) is 30.4 Å². The molecule has 0 saturated carbocycles. The fraction of sp³-hybridized carbons (Fsp3) is 0.222. The minimum absolute atomic E-state index is 0.101. The number of imide groups is 1. The van der Waals surface area contributed by atoms with Crippen molar-refractivity contribution in [3.63, 3.8) is 0 Å². The molecule has 178 valence electrons. The number of hydrogen-bond donors (Lipinski definition) is 1. The summed E-state index contributed by atoms with van der Waals surface area (Å²) in [6.07, 6.45) is 1.68. The molecular weight excluding hydrogens is 448 g/mol. The van der Waals surface area contributed by atoms with Gasteiger partial charge in [-0.2, -0.15) is 0 Å². The topological polar surface area (TPSA) is 94.2 Å². The van der Waals surface area contributed by atoms with Gasteiger partial charge in [0.05, 0.1) is 30.9 Å². The SMILES string of the molecule is COc1cccc(C(=O)Nc2ccc(Oc3ccc4c(c3)C(=O)N(CC3CCCO3)C4=O)cc2)c1. The minimum atomic E-state index is -0.332. The summed E-state index contributed by atoms with van der Waals surface area (Å²) in [7, 11) is 1.55. The number of rotatable bonds is 7. The van der Waals surface area contributed by atoms with Gasteiger partial charge in [-0.05, 0) is 73.5 Å². The second-order valence-corrected chi connectivity index (χ2v) is 8.38. The maximum absolute atomic E-state index is 12.9. The molecular formula is C27H24N2O6. The molecule has 35 heavy (non-hydrogen) atoms. The Morgan fingerprint density at radius 2 is 1.74 bits per heavy atom. The van der Waals surface area contributed by atoms with Gasteiger partial charge in [0, 0.05) is 17.9 Å². The summed E-state index contributed by atoms with van der Waals surface area (Å²) in [6.45, 7) is 0.931. The van der Waals surface area contributed by atoms with E-state index >= 15 is 0 Å². The first-order valence-corrected chi connectivity index (χ1v) is 11.4. The maximum Gasteiger partial charge on any atom is 0.261 e. The lowest BCUT2D eigenvalue weighted by molar-refractivity contribution is 0.0475. The largest absolute Gasteiger partial charge is 0.497 e. The normalized spacial score (nSPS) is 16.8. The molecule has 0 spiro atoms. The number of amides is 3. The van der Waals surface area contributed by atoms with Crippen LogP contribution in [0, 0.1) is 0 Å². The summed E-state index contributed by atoms with van der Waals surface area (Å²) >= 11 is 0. The van der Waals surface area contributed by atoms with Crippen LogP contribution in [0.5, 0.6) is 17.2 Å². The standard InChI is InChI=1S/C27H24N2O6/c1-33-20-5-2-4-17(14-20)25(30)28-18-7-9-19(10-8-18)35-21-11-12-23-24(15-21)27(32)29(26(23)31)16-22-6-3-13-34-22/h2,4-5,7-12,14-15,22H,3,6,13,16H2,1H3,(H,28,30). The second-order valence-electron chi connectivity index (χ2n) is 8.38. The van der Waals surface area contributed by atoms with Crippen LogP contribution in [0.4, 0.5) is 5.69 Å². The maximum atomic E-state index is 12.9. The third kappa shape index (κ3) is 4.74. The molecule has 0 aliphatic carbocycles. The van der Waals surface area contributed by atoms with Crippen molar-refractivity contribution in [2.45, 2.75) is 18.9 Å². The third-order valence-electron chi connectivity index (χ3n) is 6.03. The van der Waals surface area contributed by atoms with Gasteiger partial charge in [0.1, 0.15) is 17.2 Å². The number of methoxy groups -OCH3 is 1. The van der Waals surface area contributed by atoms with Crippen LogP contribution in [-0.2, 0) is 4.74 Å². The van der Waals surface area contributed by atoms with E-state index in [2.05, 4.69) is 5.32 Å². The Kier molecular flexibility index (Phi) is 6.20. The van der Waals surface area contributed by atoms with Crippen molar-refractivity contribution in [2.75, 3.05) is 25.6 Å². The molecule has 0 bridgehead atoms. The van der Waals surface area contributed by atoms with Crippen molar-refractivity contribution in [1.29, 1.82) is 0 Å². The van der Waals surface area contributed by atoms with Gasteiger partial charge >= 0.3 is 0 Å². The smallest absolute Gasteiger partial charge is 0.261 e. The van der Waals surface area contributed by atoms with E-state index in [1.807, 2.05) is 0 Å². The molecule has 1 N–H and O–H groups in total. The van der Waals surface area contributed by atoms with Gasteiger partial charge in [-0.3, -0.25) is 19.3 Å². The highest BCUT2D eigenvalue weighted by molar-refractivity contribution is 6.21. The van der Waals surface area contributed by atoms with Crippen molar-refractivity contribution in [1.82, 2.24) is 4.90 Å². The summed E-state index contributed by atoms with van der Waals surface area (Å²) in [5, 5.41) is 2.83. The number of fused-ring (bicyclic) bond motifs is 1. The third-order valence-corrected chi connectivity index (χ3v) is 6.03. The van der Waals surface area contributed by atoms with Crippen molar-refractivity contribution < 1.29 is 28.6 Å². The minimum Gasteiger partial charge on any atom is -0.497 e. The Morgan fingerprint density at radius 3 is 2.49 bits per heavy atom. The van der Waals surface area contributed by atoms with Gasteiger partial charge in [0.15, 0.2) is 0 Å². The first kappa shape index (κ1) is 22.6. The Morgan fingerprint density at radius 1 is 0.971 bits per heavy atom. The van der Waals surface area contributed by atoms with E-state index in [0.717, 1.165) is 12.8 Å². The van der Waals surface area contributed by atoms with Crippen LogP contribution in [-0.4, -0.2) is 49.0 Å². The van der Waals surface area contributed by atoms with Crippen LogP contribution in [0.1, 0.15) is 43.9 Å². The Bertz CT molecular complexity index is 1280. The van der Waals surface area contributed by atoms with Gasteiger partial charge in [0.25, 0.3) is 17.7 Å². The molecule has 3 aromatic carbocycles. The summed E-state index contributed by atoms with van der Waals surface area (Å²) in [5.74, 6) is 0.678. The summed E-state index contributed by atoms with van der Waals surface area (Å²) in [5.41, 5.74) is 1.78. The van der Waals surface area contributed by atoms with E-state index in [0.29, 0.717) is 46.2 Å². The number of ether oxygens (including phenoxy) is 3. The number of nitrogens with zero attached hydrogens (tertiary/aromatic N) is 1. The lowest BCUT2D eigenvalue weighted by Gasteiger charge is -2.17. The highest BCUT2D eigenvalue weighted by Crippen LogP contribution is 2.31. The lowest BCUT2D eigenvalue weighted by Crippen LogP contribution is -2.36. The monoisotopic (exact) mass is 472 g/mol. The highest BCUT2D eigenvalue weighted by atomic mass is 16.5. The van der Waals surface area contributed by atoms with E-state index in [9.17, 15) is 14.4 Å². The van der Waals surface area contributed by atoms with Crippen molar-refractivity contribution in [3.05, 3.63) is 83.4 Å². The molecule has 8 heteroatoms. The van der Waals surface area contributed by atoms with E-state index < -0.39 is 0 Å². The molecule has 3 amide bonds. The molecule has 0 aromatic heterocycles. The summed E-state index contributed by atoms with van der Waals surface area (Å²) in [4.78, 5) is 39.3. The van der Waals surface area contributed by atoms with Crippen LogP contribution in [0.15, 0.2) is 66.7 Å². The van der Waals surface area contributed by atoms with Crippen LogP contribution >= 0.6 is 0 Å². The van der Waals surface area contributed by atoms with Crippen LogP contribution in [0.2, 0.25) is 0 Å². The zero-order valence-electron chi connectivity index (χ0n) is 19.2. The quantitative estimate of drug-likeness (QED) is 0.509. The molecule has 1 fully saturated rings. The Labute approximate surface area is 202 Å². The second kappa shape index (κ2) is 9.60. The Hall–Kier alpha value is -4.17. The van der Waals surface area contributed by atoms with Crippen molar-refractivity contribution >= 4 is 23.4 Å². The molecule has 0 radical (unpaired) electrons. The van der Waals surface area contributed by atoms with Gasteiger partial charge in [0.2, 0.25) is 0 Å². The Balaban J connectivity index is 1.24.